The molecule has 76 valence electrons. The first kappa shape index (κ1) is 12.4. The summed E-state index contributed by atoms with van der Waals surface area (Å²) < 4.78 is 0. The molecule has 0 aromatic heterocycles. The zero-order valence-electron chi connectivity index (χ0n) is 9.54. The minimum absolute atomic E-state index is 0.170. The Morgan fingerprint density at radius 3 is 2.00 bits per heavy atom. The average molecular weight is 182 g/mol. The van der Waals surface area contributed by atoms with Crippen LogP contribution in [0.5, 0.6) is 0 Å². The van der Waals surface area contributed by atoms with Gasteiger partial charge in [-0.2, -0.15) is 5.26 Å². The van der Waals surface area contributed by atoms with E-state index in [-0.39, 0.29) is 5.92 Å². The molecule has 0 bridgehead atoms. The molecule has 0 aromatic carbocycles. The van der Waals surface area contributed by atoms with Crippen LogP contribution in [0.4, 0.5) is 0 Å². The van der Waals surface area contributed by atoms with Crippen LogP contribution in [0.2, 0.25) is 0 Å². The highest BCUT2D eigenvalue weighted by Gasteiger charge is 2.14. The SMILES string of the molecule is CC(C)CN(C)CC(C#N)C(C)C. The predicted octanol–water partition coefficient (Wildman–Crippen LogP) is 2.37. The van der Waals surface area contributed by atoms with Gasteiger partial charge in [-0.05, 0) is 18.9 Å². The summed E-state index contributed by atoms with van der Waals surface area (Å²) in [5, 5.41) is 8.90. The topological polar surface area (TPSA) is 27.0 Å². The second-order valence-corrected chi connectivity index (χ2v) is 4.59. The van der Waals surface area contributed by atoms with E-state index >= 15 is 0 Å². The molecule has 0 fully saturated rings. The molecule has 1 atom stereocenters. The van der Waals surface area contributed by atoms with Crippen molar-refractivity contribution in [1.29, 1.82) is 5.26 Å². The second-order valence-electron chi connectivity index (χ2n) is 4.59. The Bertz CT molecular complexity index is 167. The van der Waals surface area contributed by atoms with Crippen molar-refractivity contribution < 1.29 is 0 Å². The van der Waals surface area contributed by atoms with E-state index in [9.17, 15) is 0 Å². The number of hydrogen-bond acceptors (Lipinski definition) is 2. The molecule has 0 N–H and O–H groups in total. The van der Waals surface area contributed by atoms with Crippen molar-refractivity contribution in [2.75, 3.05) is 20.1 Å². The second kappa shape index (κ2) is 5.99. The smallest absolute Gasteiger partial charge is 0.0671 e. The Balaban J connectivity index is 3.89. The number of nitriles is 1. The van der Waals surface area contributed by atoms with Crippen molar-refractivity contribution in [3.05, 3.63) is 0 Å². The largest absolute Gasteiger partial charge is 0.305 e. The van der Waals surface area contributed by atoms with Gasteiger partial charge in [-0.25, -0.2) is 0 Å². The zero-order chi connectivity index (χ0) is 10.4. The van der Waals surface area contributed by atoms with Crippen LogP contribution in [-0.2, 0) is 0 Å². The minimum atomic E-state index is 0.170. The first-order chi connectivity index (χ1) is 5.97. The lowest BCUT2D eigenvalue weighted by atomic mass is 9.97. The van der Waals surface area contributed by atoms with Gasteiger partial charge in [0, 0.05) is 13.1 Å². The molecule has 0 spiro atoms. The molecule has 2 heteroatoms. The molecule has 0 aliphatic carbocycles. The van der Waals surface area contributed by atoms with Gasteiger partial charge < -0.3 is 4.90 Å². The van der Waals surface area contributed by atoms with E-state index in [2.05, 4.69) is 45.7 Å². The highest BCUT2D eigenvalue weighted by molar-refractivity contribution is 4.86. The molecule has 13 heavy (non-hydrogen) atoms. The molecule has 0 aromatic rings. The standard InChI is InChI=1S/C11H22N2/c1-9(2)7-13(5)8-11(6-12)10(3)4/h9-11H,7-8H2,1-5H3. The Morgan fingerprint density at radius 1 is 1.15 bits per heavy atom. The minimum Gasteiger partial charge on any atom is -0.305 e. The van der Waals surface area contributed by atoms with Gasteiger partial charge in [0.25, 0.3) is 0 Å². The van der Waals surface area contributed by atoms with Gasteiger partial charge >= 0.3 is 0 Å². The summed E-state index contributed by atoms with van der Waals surface area (Å²) in [5.41, 5.74) is 0. The Morgan fingerprint density at radius 2 is 1.69 bits per heavy atom. The summed E-state index contributed by atoms with van der Waals surface area (Å²) in [4.78, 5) is 2.25. The van der Waals surface area contributed by atoms with Crippen molar-refractivity contribution in [1.82, 2.24) is 4.90 Å². The van der Waals surface area contributed by atoms with Crippen LogP contribution in [0.15, 0.2) is 0 Å². The molecule has 0 amide bonds. The molecule has 2 nitrogen and oxygen atoms in total. The van der Waals surface area contributed by atoms with Crippen LogP contribution < -0.4 is 0 Å². The maximum atomic E-state index is 8.90. The van der Waals surface area contributed by atoms with E-state index in [1.807, 2.05) is 0 Å². The third-order valence-corrected chi connectivity index (χ3v) is 2.16. The fraction of sp³-hybridized carbons (Fsp3) is 0.909. The van der Waals surface area contributed by atoms with Crippen molar-refractivity contribution in [3.8, 4) is 6.07 Å². The quantitative estimate of drug-likeness (QED) is 0.652. The van der Waals surface area contributed by atoms with Crippen LogP contribution in [0.25, 0.3) is 0 Å². The van der Waals surface area contributed by atoms with E-state index in [0.717, 1.165) is 13.1 Å². The molecular weight excluding hydrogens is 160 g/mol. The van der Waals surface area contributed by atoms with Crippen LogP contribution in [0.3, 0.4) is 0 Å². The number of nitrogens with zero attached hydrogens (tertiary/aromatic N) is 2. The highest BCUT2D eigenvalue weighted by atomic mass is 15.1. The third kappa shape index (κ3) is 5.65. The molecule has 0 aliphatic heterocycles. The first-order valence-electron chi connectivity index (χ1n) is 5.05. The van der Waals surface area contributed by atoms with Crippen LogP contribution >= 0.6 is 0 Å². The van der Waals surface area contributed by atoms with Crippen molar-refractivity contribution in [2.24, 2.45) is 17.8 Å². The van der Waals surface area contributed by atoms with Gasteiger partial charge in [-0.15, -0.1) is 0 Å². The van der Waals surface area contributed by atoms with Gasteiger partial charge in [0.2, 0.25) is 0 Å². The first-order valence-corrected chi connectivity index (χ1v) is 5.05. The molecule has 1 unspecified atom stereocenters. The van der Waals surface area contributed by atoms with Crippen molar-refractivity contribution in [3.63, 3.8) is 0 Å². The van der Waals surface area contributed by atoms with E-state index in [1.165, 1.54) is 0 Å². The van der Waals surface area contributed by atoms with Gasteiger partial charge in [0.05, 0.1) is 12.0 Å². The highest BCUT2D eigenvalue weighted by Crippen LogP contribution is 2.11. The summed E-state index contributed by atoms with van der Waals surface area (Å²) in [5.74, 6) is 1.31. The molecule has 0 saturated carbocycles. The summed E-state index contributed by atoms with van der Waals surface area (Å²) in [6.07, 6.45) is 0. The maximum absolute atomic E-state index is 8.90. The van der Waals surface area contributed by atoms with Crippen molar-refractivity contribution >= 4 is 0 Å². The Hall–Kier alpha value is -0.550. The third-order valence-electron chi connectivity index (χ3n) is 2.16. The van der Waals surface area contributed by atoms with Crippen LogP contribution in [-0.4, -0.2) is 25.0 Å². The molecule has 0 rings (SSSR count). The van der Waals surface area contributed by atoms with E-state index in [1.54, 1.807) is 0 Å². The normalized spacial score (nSPS) is 13.8. The van der Waals surface area contributed by atoms with Gasteiger partial charge in [0.15, 0.2) is 0 Å². The summed E-state index contributed by atoms with van der Waals surface area (Å²) in [7, 11) is 2.09. The zero-order valence-corrected chi connectivity index (χ0v) is 9.54. The summed E-state index contributed by atoms with van der Waals surface area (Å²) >= 11 is 0. The van der Waals surface area contributed by atoms with E-state index < -0.39 is 0 Å². The number of hydrogen-bond donors (Lipinski definition) is 0. The van der Waals surface area contributed by atoms with Gasteiger partial charge in [0.1, 0.15) is 0 Å². The fourth-order valence-corrected chi connectivity index (χ4v) is 1.43. The average Bonchev–Trinajstić information content (AvgIpc) is 1.98. The lowest BCUT2D eigenvalue weighted by Gasteiger charge is -2.23. The fourth-order valence-electron chi connectivity index (χ4n) is 1.43. The summed E-state index contributed by atoms with van der Waals surface area (Å²) in [6.45, 7) is 10.6. The van der Waals surface area contributed by atoms with E-state index in [4.69, 9.17) is 5.26 Å². The number of rotatable bonds is 5. The Labute approximate surface area is 82.5 Å². The summed E-state index contributed by atoms with van der Waals surface area (Å²) in [6, 6.07) is 2.36. The van der Waals surface area contributed by atoms with Crippen molar-refractivity contribution in [2.45, 2.75) is 27.7 Å². The molecule has 0 radical (unpaired) electrons. The van der Waals surface area contributed by atoms with E-state index in [0.29, 0.717) is 11.8 Å². The Kier molecular flexibility index (Phi) is 5.73. The lowest BCUT2D eigenvalue weighted by Crippen LogP contribution is -2.30. The maximum Gasteiger partial charge on any atom is 0.0671 e. The molecule has 0 heterocycles. The molecular formula is C11H22N2. The van der Waals surface area contributed by atoms with Crippen LogP contribution in [0, 0.1) is 29.1 Å². The predicted molar refractivity (Wildman–Crippen MR) is 56.3 cm³/mol. The van der Waals surface area contributed by atoms with Gasteiger partial charge in [-0.3, -0.25) is 0 Å². The van der Waals surface area contributed by atoms with Gasteiger partial charge in [-0.1, -0.05) is 27.7 Å². The van der Waals surface area contributed by atoms with Crippen LogP contribution in [0.1, 0.15) is 27.7 Å². The lowest BCUT2D eigenvalue weighted by molar-refractivity contribution is 0.247. The monoisotopic (exact) mass is 182 g/mol. The molecule has 0 aliphatic rings. The molecule has 0 saturated heterocycles.